The summed E-state index contributed by atoms with van der Waals surface area (Å²) in [7, 11) is 0. The van der Waals surface area contributed by atoms with Gasteiger partial charge in [0, 0.05) is 33.6 Å². The van der Waals surface area contributed by atoms with Crippen molar-refractivity contribution in [1.82, 2.24) is 4.57 Å². The van der Waals surface area contributed by atoms with Gasteiger partial charge in [-0.1, -0.05) is 184 Å². The van der Waals surface area contributed by atoms with Crippen LogP contribution in [0.3, 0.4) is 0 Å². The number of anilines is 1. The van der Waals surface area contributed by atoms with Gasteiger partial charge in [0.25, 0.3) is 0 Å². The molecule has 11 rings (SSSR count). The molecule has 0 amide bonds. The van der Waals surface area contributed by atoms with Gasteiger partial charge in [-0.05, 0) is 98.1 Å². The molecule has 2 nitrogen and oxygen atoms in total. The van der Waals surface area contributed by atoms with E-state index in [2.05, 4.69) is 230 Å². The second-order valence-corrected chi connectivity index (χ2v) is 15.8. The van der Waals surface area contributed by atoms with Crippen LogP contribution < -0.4 is 5.32 Å². The molecule has 9 aromatic rings. The van der Waals surface area contributed by atoms with Gasteiger partial charge in [-0.25, -0.2) is 0 Å². The molecule has 2 aliphatic carbocycles. The predicted molar refractivity (Wildman–Crippen MR) is 243 cm³/mol. The number of para-hydroxylation sites is 2. The Labute approximate surface area is 335 Å². The Morgan fingerprint density at radius 2 is 1.12 bits per heavy atom. The Balaban J connectivity index is 0.000000141. The molecule has 8 aromatic carbocycles. The van der Waals surface area contributed by atoms with Crippen molar-refractivity contribution in [1.29, 1.82) is 0 Å². The molecule has 1 unspecified atom stereocenters. The molecule has 2 heteroatoms. The Hall–Kier alpha value is -6.90. The third-order valence-electron chi connectivity index (χ3n) is 12.0. The third kappa shape index (κ3) is 6.34. The Bertz CT molecular complexity index is 2960. The smallest absolute Gasteiger partial charge is 0.0547 e. The molecular formula is C55H44N2. The van der Waals surface area contributed by atoms with Crippen molar-refractivity contribution >= 4 is 43.8 Å². The standard InChI is InChI=1S/C30H21N.C25H23N/c1-3-9-22(10-4-1)23-15-17-24(18-16-23)25-19-20-28-27-13-7-8-14-29(27)31(30(28)21-25)26-11-5-2-6-12-26;1-25(2)23-10-6-5-9-21(23)22-14-13-20(16-24(22)25)26-19-12-11-17-7-3-4-8-18(17)15-19/h1-21H;3-15,20,26H,16H2,1-2H3. The highest BCUT2D eigenvalue weighted by Gasteiger charge is 2.38. The van der Waals surface area contributed by atoms with E-state index in [4.69, 9.17) is 0 Å². The summed E-state index contributed by atoms with van der Waals surface area (Å²) in [4.78, 5) is 0. The van der Waals surface area contributed by atoms with Crippen LogP contribution in [0.4, 0.5) is 5.69 Å². The Morgan fingerprint density at radius 1 is 0.509 bits per heavy atom. The molecule has 0 aliphatic heterocycles. The number of hydrogen-bond donors (Lipinski definition) is 1. The van der Waals surface area contributed by atoms with Gasteiger partial charge in [-0.15, -0.1) is 0 Å². The van der Waals surface area contributed by atoms with Crippen molar-refractivity contribution < 1.29 is 0 Å². The monoisotopic (exact) mass is 732 g/mol. The van der Waals surface area contributed by atoms with E-state index in [0.29, 0.717) is 6.04 Å². The molecule has 274 valence electrons. The van der Waals surface area contributed by atoms with Crippen LogP contribution in [-0.2, 0) is 5.41 Å². The third-order valence-corrected chi connectivity index (χ3v) is 12.0. The highest BCUT2D eigenvalue weighted by Crippen LogP contribution is 2.50. The first-order valence-electron chi connectivity index (χ1n) is 20.0. The van der Waals surface area contributed by atoms with E-state index in [1.165, 1.54) is 82.9 Å². The predicted octanol–water partition coefficient (Wildman–Crippen LogP) is 14.4. The fourth-order valence-electron chi connectivity index (χ4n) is 9.06. The van der Waals surface area contributed by atoms with Gasteiger partial charge in [0.15, 0.2) is 0 Å². The average Bonchev–Trinajstić information content (AvgIpc) is 3.72. The molecule has 1 N–H and O–H groups in total. The van der Waals surface area contributed by atoms with Crippen LogP contribution in [0.5, 0.6) is 0 Å². The van der Waals surface area contributed by atoms with Crippen LogP contribution >= 0.6 is 0 Å². The highest BCUT2D eigenvalue weighted by atomic mass is 15.0. The summed E-state index contributed by atoms with van der Waals surface area (Å²) in [6.07, 6.45) is 5.71. The van der Waals surface area contributed by atoms with Crippen LogP contribution in [0, 0.1) is 0 Å². The molecule has 0 bridgehead atoms. The van der Waals surface area contributed by atoms with E-state index < -0.39 is 0 Å². The fraction of sp³-hybridized carbons (Fsp3) is 0.0909. The minimum atomic E-state index is 0.111. The van der Waals surface area contributed by atoms with E-state index in [9.17, 15) is 0 Å². The lowest BCUT2D eigenvalue weighted by atomic mass is 9.77. The minimum Gasteiger partial charge on any atom is -0.378 e. The summed E-state index contributed by atoms with van der Waals surface area (Å²) in [6.45, 7) is 4.72. The second kappa shape index (κ2) is 14.3. The first-order valence-corrected chi connectivity index (χ1v) is 20.0. The van der Waals surface area contributed by atoms with Crippen molar-refractivity contribution in [3.8, 4) is 27.9 Å². The van der Waals surface area contributed by atoms with Gasteiger partial charge in [-0.2, -0.15) is 0 Å². The summed E-state index contributed by atoms with van der Waals surface area (Å²) < 4.78 is 2.37. The zero-order valence-corrected chi connectivity index (χ0v) is 32.4. The van der Waals surface area contributed by atoms with Gasteiger partial charge in [0.2, 0.25) is 0 Å². The van der Waals surface area contributed by atoms with Gasteiger partial charge in [0.05, 0.1) is 11.0 Å². The number of nitrogens with zero attached hydrogens (tertiary/aromatic N) is 1. The van der Waals surface area contributed by atoms with Crippen molar-refractivity contribution in [2.75, 3.05) is 5.32 Å². The summed E-state index contributed by atoms with van der Waals surface area (Å²) >= 11 is 0. The number of allylic oxidation sites excluding steroid dienone is 2. The molecule has 0 saturated heterocycles. The number of benzene rings is 8. The van der Waals surface area contributed by atoms with Crippen LogP contribution in [-0.4, -0.2) is 10.6 Å². The number of rotatable bonds is 5. The molecule has 0 saturated carbocycles. The maximum Gasteiger partial charge on any atom is 0.0547 e. The zero-order chi connectivity index (χ0) is 38.3. The van der Waals surface area contributed by atoms with Gasteiger partial charge < -0.3 is 9.88 Å². The van der Waals surface area contributed by atoms with Crippen LogP contribution in [0.1, 0.15) is 31.4 Å². The largest absolute Gasteiger partial charge is 0.378 e. The summed E-state index contributed by atoms with van der Waals surface area (Å²) in [5.41, 5.74) is 15.8. The molecule has 0 fully saturated rings. The molecule has 1 aromatic heterocycles. The number of aromatic nitrogens is 1. The molecule has 57 heavy (non-hydrogen) atoms. The molecule has 2 aliphatic rings. The lowest BCUT2D eigenvalue weighted by Gasteiger charge is -2.29. The van der Waals surface area contributed by atoms with E-state index >= 15 is 0 Å². The van der Waals surface area contributed by atoms with Gasteiger partial charge in [-0.3, -0.25) is 0 Å². The van der Waals surface area contributed by atoms with E-state index in [1.54, 1.807) is 5.57 Å². The SMILES string of the molecule is CC1(C)C2=C(C=CC(Nc3ccc4ccccc4c3)C2)c2ccccc21.c1ccc(-c2ccc(-c3ccc4c5ccccc5n(-c5ccccc5)c4c3)cc2)cc1. The maximum atomic E-state index is 3.73. The van der Waals surface area contributed by atoms with Gasteiger partial charge in [0.1, 0.15) is 0 Å². The molecule has 1 atom stereocenters. The zero-order valence-electron chi connectivity index (χ0n) is 32.4. The maximum absolute atomic E-state index is 3.73. The van der Waals surface area contributed by atoms with Crippen LogP contribution in [0.25, 0.3) is 66.1 Å². The second-order valence-electron chi connectivity index (χ2n) is 15.8. The molecule has 0 radical (unpaired) electrons. The minimum absolute atomic E-state index is 0.111. The number of hydrogen-bond acceptors (Lipinski definition) is 1. The molecule has 0 spiro atoms. The topological polar surface area (TPSA) is 17.0 Å². The number of fused-ring (bicyclic) bond motifs is 6. The first-order chi connectivity index (χ1) is 28.0. The first kappa shape index (κ1) is 34.6. The van der Waals surface area contributed by atoms with Crippen molar-refractivity contribution in [3.63, 3.8) is 0 Å². The summed E-state index contributed by atoms with van der Waals surface area (Å²) in [5.74, 6) is 0. The number of nitrogens with one attached hydrogen (secondary N) is 1. The molecule has 1 heterocycles. The lowest BCUT2D eigenvalue weighted by Crippen LogP contribution is -2.26. The van der Waals surface area contributed by atoms with Crippen molar-refractivity contribution in [2.45, 2.75) is 31.7 Å². The summed E-state index contributed by atoms with van der Waals surface area (Å²) in [5, 5.41) is 8.87. The van der Waals surface area contributed by atoms with E-state index in [-0.39, 0.29) is 5.41 Å². The van der Waals surface area contributed by atoms with Gasteiger partial charge >= 0.3 is 0 Å². The van der Waals surface area contributed by atoms with Crippen LogP contribution in [0.15, 0.2) is 212 Å². The average molecular weight is 733 g/mol. The summed E-state index contributed by atoms with van der Waals surface area (Å²) in [6, 6.07) is 69.8. The lowest BCUT2D eigenvalue weighted by molar-refractivity contribution is 0.596. The fourth-order valence-corrected chi connectivity index (χ4v) is 9.06. The normalized spacial score (nSPS) is 15.3. The quantitative estimate of drug-likeness (QED) is 0.186. The Morgan fingerprint density at radius 3 is 1.93 bits per heavy atom. The highest BCUT2D eigenvalue weighted by molar-refractivity contribution is 6.10. The van der Waals surface area contributed by atoms with Crippen molar-refractivity contribution in [3.05, 3.63) is 223 Å². The van der Waals surface area contributed by atoms with Crippen LogP contribution in [0.2, 0.25) is 0 Å². The van der Waals surface area contributed by atoms with E-state index in [0.717, 1.165) is 6.42 Å². The molecular weight excluding hydrogens is 689 g/mol. The Kier molecular flexibility index (Phi) is 8.68. The van der Waals surface area contributed by atoms with Crippen molar-refractivity contribution in [2.24, 2.45) is 0 Å². The van der Waals surface area contributed by atoms with E-state index in [1.807, 2.05) is 0 Å².